The van der Waals surface area contributed by atoms with Crippen molar-refractivity contribution < 1.29 is 4.79 Å². The molecular weight excluding hydrogens is 238 g/mol. The summed E-state index contributed by atoms with van der Waals surface area (Å²) in [6.45, 7) is 1.92. The van der Waals surface area contributed by atoms with Gasteiger partial charge in [0.1, 0.15) is 0 Å². The topological polar surface area (TPSA) is 67.1 Å². The fourth-order valence-electron chi connectivity index (χ4n) is 4.38. The summed E-state index contributed by atoms with van der Waals surface area (Å²) in [5, 5.41) is 6.71. The standard InChI is InChI=1S/C15H27N3O/c16-13-7-10-3-1-4-11(8-13)14(10)18-15(19)12-5-2-6-17-9-12/h10-14,17H,1-9,16H2,(H,18,19). The molecule has 2 saturated carbocycles. The van der Waals surface area contributed by atoms with E-state index in [-0.39, 0.29) is 11.8 Å². The molecule has 1 amide bonds. The molecule has 4 heteroatoms. The Kier molecular flexibility index (Phi) is 4.08. The minimum Gasteiger partial charge on any atom is -0.353 e. The normalized spacial score (nSPS) is 42.7. The summed E-state index contributed by atoms with van der Waals surface area (Å²) in [5.74, 6) is 1.72. The van der Waals surface area contributed by atoms with Crippen LogP contribution in [0.15, 0.2) is 0 Å². The van der Waals surface area contributed by atoms with Crippen LogP contribution in [0.1, 0.15) is 44.9 Å². The molecule has 1 aliphatic heterocycles. The van der Waals surface area contributed by atoms with Crippen molar-refractivity contribution >= 4 is 5.91 Å². The average Bonchev–Trinajstić information content (AvgIpc) is 2.41. The summed E-state index contributed by atoms with van der Waals surface area (Å²) in [5.41, 5.74) is 6.14. The molecule has 19 heavy (non-hydrogen) atoms. The highest BCUT2D eigenvalue weighted by Crippen LogP contribution is 2.39. The largest absolute Gasteiger partial charge is 0.353 e. The molecule has 3 fully saturated rings. The molecule has 1 saturated heterocycles. The number of piperidine rings is 1. The molecule has 3 rings (SSSR count). The van der Waals surface area contributed by atoms with E-state index in [0.29, 0.717) is 23.9 Å². The van der Waals surface area contributed by atoms with Crippen LogP contribution in [0.3, 0.4) is 0 Å². The Morgan fingerprint density at radius 2 is 1.84 bits per heavy atom. The first-order chi connectivity index (χ1) is 9.24. The minimum absolute atomic E-state index is 0.185. The number of rotatable bonds is 2. The maximum atomic E-state index is 12.4. The van der Waals surface area contributed by atoms with Gasteiger partial charge in [0.15, 0.2) is 0 Å². The number of carbonyl (C=O) groups excluding carboxylic acids is 1. The fourth-order valence-corrected chi connectivity index (χ4v) is 4.38. The van der Waals surface area contributed by atoms with Crippen LogP contribution in [0, 0.1) is 17.8 Å². The second-order valence-electron chi connectivity index (χ2n) is 6.76. The number of fused-ring (bicyclic) bond motifs is 2. The molecule has 0 aromatic carbocycles. The van der Waals surface area contributed by atoms with Gasteiger partial charge in [-0.05, 0) is 56.9 Å². The third kappa shape index (κ3) is 2.95. The molecule has 3 aliphatic rings. The minimum atomic E-state index is 0.185. The molecule has 2 bridgehead atoms. The van der Waals surface area contributed by atoms with Crippen molar-refractivity contribution in [2.75, 3.05) is 13.1 Å². The lowest BCUT2D eigenvalue weighted by atomic mass is 9.67. The van der Waals surface area contributed by atoms with Gasteiger partial charge in [-0.25, -0.2) is 0 Å². The van der Waals surface area contributed by atoms with Crippen molar-refractivity contribution in [1.29, 1.82) is 0 Å². The number of nitrogens with two attached hydrogens (primary N) is 1. The number of nitrogens with one attached hydrogen (secondary N) is 2. The summed E-state index contributed by atoms with van der Waals surface area (Å²) >= 11 is 0. The van der Waals surface area contributed by atoms with Gasteiger partial charge in [-0.15, -0.1) is 0 Å². The Hall–Kier alpha value is -0.610. The number of amides is 1. The molecule has 4 nitrogen and oxygen atoms in total. The highest BCUT2D eigenvalue weighted by molar-refractivity contribution is 5.79. The highest BCUT2D eigenvalue weighted by atomic mass is 16.2. The van der Waals surface area contributed by atoms with E-state index < -0.39 is 0 Å². The second kappa shape index (κ2) is 5.80. The van der Waals surface area contributed by atoms with Gasteiger partial charge in [0.2, 0.25) is 5.91 Å². The first kappa shape index (κ1) is 13.4. The molecule has 0 radical (unpaired) electrons. The van der Waals surface area contributed by atoms with Crippen molar-refractivity contribution in [3.63, 3.8) is 0 Å². The van der Waals surface area contributed by atoms with E-state index in [0.717, 1.165) is 38.8 Å². The third-order valence-corrected chi connectivity index (χ3v) is 5.35. The number of hydrogen-bond acceptors (Lipinski definition) is 3. The van der Waals surface area contributed by atoms with Gasteiger partial charge >= 0.3 is 0 Å². The molecule has 1 heterocycles. The van der Waals surface area contributed by atoms with E-state index in [9.17, 15) is 4.79 Å². The number of hydrogen-bond donors (Lipinski definition) is 3. The lowest BCUT2D eigenvalue weighted by molar-refractivity contribution is -0.127. The van der Waals surface area contributed by atoms with Crippen LogP contribution in [-0.4, -0.2) is 31.1 Å². The van der Waals surface area contributed by atoms with Crippen molar-refractivity contribution in [1.82, 2.24) is 10.6 Å². The Bertz CT molecular complexity index is 313. The third-order valence-electron chi connectivity index (χ3n) is 5.35. The monoisotopic (exact) mass is 265 g/mol. The Labute approximate surface area is 115 Å². The van der Waals surface area contributed by atoms with Crippen LogP contribution in [-0.2, 0) is 4.79 Å². The van der Waals surface area contributed by atoms with Crippen LogP contribution in [0.2, 0.25) is 0 Å². The smallest absolute Gasteiger partial charge is 0.224 e. The summed E-state index contributed by atoms with van der Waals surface area (Å²) in [4.78, 5) is 12.4. The van der Waals surface area contributed by atoms with Crippen LogP contribution in [0.25, 0.3) is 0 Å². The first-order valence-electron chi connectivity index (χ1n) is 8.00. The first-order valence-corrected chi connectivity index (χ1v) is 8.00. The Balaban J connectivity index is 1.60. The van der Waals surface area contributed by atoms with Gasteiger partial charge in [-0.1, -0.05) is 6.42 Å². The molecular formula is C15H27N3O. The lowest BCUT2D eigenvalue weighted by Crippen LogP contribution is -2.55. The zero-order valence-electron chi connectivity index (χ0n) is 11.7. The van der Waals surface area contributed by atoms with Crippen molar-refractivity contribution in [2.45, 2.75) is 57.0 Å². The molecule has 3 atom stereocenters. The van der Waals surface area contributed by atoms with E-state index in [1.807, 2.05) is 0 Å². The zero-order valence-corrected chi connectivity index (χ0v) is 11.7. The lowest BCUT2D eigenvalue weighted by Gasteiger charge is -2.45. The Morgan fingerprint density at radius 3 is 2.47 bits per heavy atom. The van der Waals surface area contributed by atoms with Crippen molar-refractivity contribution in [2.24, 2.45) is 23.5 Å². The summed E-state index contributed by atoms with van der Waals surface area (Å²) in [7, 11) is 0. The predicted octanol–water partition coefficient (Wildman–Crippen LogP) is 1.01. The Morgan fingerprint density at radius 1 is 1.11 bits per heavy atom. The highest BCUT2D eigenvalue weighted by Gasteiger charge is 2.40. The molecule has 108 valence electrons. The van der Waals surface area contributed by atoms with Gasteiger partial charge in [-0.3, -0.25) is 4.79 Å². The summed E-state index contributed by atoms with van der Waals surface area (Å²) in [6, 6.07) is 0.766. The van der Waals surface area contributed by atoms with Crippen LogP contribution >= 0.6 is 0 Å². The van der Waals surface area contributed by atoms with Crippen LogP contribution < -0.4 is 16.4 Å². The van der Waals surface area contributed by atoms with E-state index >= 15 is 0 Å². The number of carbonyl (C=O) groups is 1. The van der Waals surface area contributed by atoms with E-state index in [4.69, 9.17) is 5.73 Å². The molecule has 4 N–H and O–H groups in total. The molecule has 2 aliphatic carbocycles. The van der Waals surface area contributed by atoms with E-state index in [1.54, 1.807) is 0 Å². The maximum absolute atomic E-state index is 12.4. The predicted molar refractivity (Wildman–Crippen MR) is 75.6 cm³/mol. The van der Waals surface area contributed by atoms with E-state index in [1.165, 1.54) is 19.3 Å². The van der Waals surface area contributed by atoms with Crippen molar-refractivity contribution in [3.05, 3.63) is 0 Å². The average molecular weight is 265 g/mol. The molecule has 3 unspecified atom stereocenters. The van der Waals surface area contributed by atoms with Crippen molar-refractivity contribution in [3.8, 4) is 0 Å². The van der Waals surface area contributed by atoms with E-state index in [2.05, 4.69) is 10.6 Å². The zero-order chi connectivity index (χ0) is 13.2. The van der Waals surface area contributed by atoms with Gasteiger partial charge < -0.3 is 16.4 Å². The van der Waals surface area contributed by atoms with Crippen LogP contribution in [0.4, 0.5) is 0 Å². The van der Waals surface area contributed by atoms with Crippen LogP contribution in [0.5, 0.6) is 0 Å². The van der Waals surface area contributed by atoms with Gasteiger partial charge in [0, 0.05) is 18.6 Å². The molecule has 0 aromatic rings. The SMILES string of the molecule is NC1CC2CCCC(C1)C2NC(=O)C1CCCNC1. The molecule has 0 spiro atoms. The second-order valence-corrected chi connectivity index (χ2v) is 6.76. The maximum Gasteiger partial charge on any atom is 0.224 e. The van der Waals surface area contributed by atoms with Gasteiger partial charge in [0.25, 0.3) is 0 Å². The quantitative estimate of drug-likeness (QED) is 0.698. The summed E-state index contributed by atoms with van der Waals surface area (Å²) in [6.07, 6.45) is 8.19. The van der Waals surface area contributed by atoms with Gasteiger partial charge in [-0.2, -0.15) is 0 Å². The molecule has 0 aromatic heterocycles. The summed E-state index contributed by atoms with van der Waals surface area (Å²) < 4.78 is 0. The van der Waals surface area contributed by atoms with Gasteiger partial charge in [0.05, 0.1) is 5.92 Å². The fraction of sp³-hybridized carbons (Fsp3) is 0.933.